The Bertz CT molecular complexity index is 400. The van der Waals surface area contributed by atoms with Gasteiger partial charge in [-0.1, -0.05) is 18.2 Å². The number of carbonyl (C=O) groups is 1. The highest BCUT2D eigenvalue weighted by Gasteiger charge is 2.13. The normalized spacial score (nSPS) is 13.0. The molecule has 1 aromatic carbocycles. The lowest BCUT2D eigenvalue weighted by atomic mass is 10.3. The van der Waals surface area contributed by atoms with Crippen LogP contribution in [-0.2, 0) is 4.79 Å². The van der Waals surface area contributed by atoms with Crippen molar-refractivity contribution in [2.45, 2.75) is 13.0 Å². The maximum Gasteiger partial charge on any atom is 0.246 e. The Hall–Kier alpha value is -2.04. The van der Waals surface area contributed by atoms with Crippen LogP contribution >= 0.6 is 0 Å². The molecule has 17 heavy (non-hydrogen) atoms. The molecule has 0 spiro atoms. The van der Waals surface area contributed by atoms with Gasteiger partial charge in [0.2, 0.25) is 5.91 Å². The number of likely N-dealkylation sites (N-methyl/N-ethyl adjacent to an activating group) is 1. The Morgan fingerprint density at radius 2 is 1.94 bits per heavy atom. The first-order valence-corrected chi connectivity index (χ1v) is 5.37. The highest BCUT2D eigenvalue weighted by atomic mass is 16.2. The van der Waals surface area contributed by atoms with Crippen LogP contribution in [0.3, 0.4) is 0 Å². The van der Waals surface area contributed by atoms with Gasteiger partial charge in [-0.2, -0.15) is 0 Å². The van der Waals surface area contributed by atoms with Gasteiger partial charge in [0.05, 0.1) is 0 Å². The summed E-state index contributed by atoms with van der Waals surface area (Å²) in [5.41, 5.74) is 6.56. The molecule has 92 valence electrons. The monoisotopic (exact) mass is 234 g/mol. The Labute approximate surface area is 101 Å². The standard InChI is InChI=1S/C12H18N4O/c1-9(11(17)16(2)3)14-12(13)15-10-7-5-4-6-8-10/h4-9H,1-3H3,(H3,13,14,15). The molecule has 0 aliphatic rings. The second-order valence-electron chi connectivity index (χ2n) is 3.91. The molecular formula is C12H18N4O. The minimum Gasteiger partial charge on any atom is -0.370 e. The summed E-state index contributed by atoms with van der Waals surface area (Å²) in [6, 6.07) is 8.97. The summed E-state index contributed by atoms with van der Waals surface area (Å²) in [6.45, 7) is 1.71. The summed E-state index contributed by atoms with van der Waals surface area (Å²) in [7, 11) is 3.38. The molecule has 0 aromatic heterocycles. The molecule has 1 rings (SSSR count). The second kappa shape index (κ2) is 5.89. The molecule has 5 heteroatoms. The fourth-order valence-electron chi connectivity index (χ4n) is 1.34. The molecule has 1 unspecified atom stereocenters. The molecule has 0 saturated heterocycles. The summed E-state index contributed by atoms with van der Waals surface area (Å²) >= 11 is 0. The number of amides is 1. The van der Waals surface area contributed by atoms with Crippen LogP contribution < -0.4 is 11.1 Å². The van der Waals surface area contributed by atoms with E-state index in [1.54, 1.807) is 21.0 Å². The lowest BCUT2D eigenvalue weighted by Gasteiger charge is -2.14. The van der Waals surface area contributed by atoms with Crippen LogP contribution in [0.1, 0.15) is 6.92 Å². The topological polar surface area (TPSA) is 70.7 Å². The fraction of sp³-hybridized carbons (Fsp3) is 0.333. The lowest BCUT2D eigenvalue weighted by Crippen LogP contribution is -2.33. The largest absolute Gasteiger partial charge is 0.370 e. The number of guanidine groups is 1. The minimum absolute atomic E-state index is 0.0807. The zero-order valence-corrected chi connectivity index (χ0v) is 10.3. The van der Waals surface area contributed by atoms with Crippen molar-refractivity contribution in [3.8, 4) is 0 Å². The predicted octanol–water partition coefficient (Wildman–Crippen LogP) is 0.890. The van der Waals surface area contributed by atoms with Crippen LogP contribution in [0.15, 0.2) is 35.3 Å². The number of carbonyl (C=O) groups excluding carboxylic acids is 1. The van der Waals surface area contributed by atoms with E-state index >= 15 is 0 Å². The van der Waals surface area contributed by atoms with Gasteiger partial charge in [0.1, 0.15) is 6.04 Å². The van der Waals surface area contributed by atoms with Crippen molar-refractivity contribution < 1.29 is 4.79 Å². The van der Waals surface area contributed by atoms with Crippen molar-refractivity contribution in [1.82, 2.24) is 4.90 Å². The van der Waals surface area contributed by atoms with Gasteiger partial charge in [-0.3, -0.25) is 4.79 Å². The molecule has 0 aliphatic heterocycles. The van der Waals surface area contributed by atoms with E-state index in [1.165, 1.54) is 4.90 Å². The third-order valence-electron chi connectivity index (χ3n) is 2.18. The highest BCUT2D eigenvalue weighted by Crippen LogP contribution is 2.04. The molecule has 1 atom stereocenters. The van der Waals surface area contributed by atoms with E-state index < -0.39 is 6.04 Å². The molecule has 0 radical (unpaired) electrons. The quantitative estimate of drug-likeness (QED) is 0.602. The summed E-state index contributed by atoms with van der Waals surface area (Å²) in [4.78, 5) is 17.1. The number of aliphatic imine (C=N–C) groups is 1. The van der Waals surface area contributed by atoms with E-state index in [9.17, 15) is 4.79 Å². The number of anilines is 1. The van der Waals surface area contributed by atoms with Gasteiger partial charge in [-0.25, -0.2) is 4.99 Å². The summed E-state index contributed by atoms with van der Waals surface area (Å²) in [5.74, 6) is 0.154. The Balaban J connectivity index is 2.64. The molecule has 1 amide bonds. The van der Waals surface area contributed by atoms with Crippen molar-refractivity contribution in [3.63, 3.8) is 0 Å². The van der Waals surface area contributed by atoms with E-state index in [0.29, 0.717) is 0 Å². The number of nitrogens with one attached hydrogen (secondary N) is 1. The molecule has 1 aromatic rings. The van der Waals surface area contributed by atoms with Gasteiger partial charge >= 0.3 is 0 Å². The first kappa shape index (κ1) is 13.0. The molecule has 0 bridgehead atoms. The maximum atomic E-state index is 11.6. The molecule has 5 nitrogen and oxygen atoms in total. The van der Waals surface area contributed by atoms with Gasteiger partial charge in [0, 0.05) is 19.8 Å². The smallest absolute Gasteiger partial charge is 0.246 e. The number of rotatable bonds is 3. The first-order chi connectivity index (χ1) is 8.00. The Morgan fingerprint density at radius 1 is 1.35 bits per heavy atom. The molecule has 0 aliphatic carbocycles. The number of hydrogen-bond donors (Lipinski definition) is 2. The third kappa shape index (κ3) is 4.14. The van der Waals surface area contributed by atoms with Crippen LogP contribution in [0.4, 0.5) is 5.69 Å². The molecule has 0 saturated carbocycles. The van der Waals surface area contributed by atoms with Gasteiger partial charge in [-0.05, 0) is 19.1 Å². The van der Waals surface area contributed by atoms with Crippen molar-refractivity contribution in [1.29, 1.82) is 0 Å². The van der Waals surface area contributed by atoms with E-state index in [0.717, 1.165) is 5.69 Å². The van der Waals surface area contributed by atoms with Crippen LogP contribution in [0, 0.1) is 0 Å². The van der Waals surface area contributed by atoms with Crippen molar-refractivity contribution in [3.05, 3.63) is 30.3 Å². The second-order valence-corrected chi connectivity index (χ2v) is 3.91. The van der Waals surface area contributed by atoms with Crippen molar-refractivity contribution in [2.24, 2.45) is 10.7 Å². The number of para-hydroxylation sites is 1. The SMILES string of the molecule is CC(N=C(N)Nc1ccccc1)C(=O)N(C)C. The number of benzene rings is 1. The zero-order chi connectivity index (χ0) is 12.8. The predicted molar refractivity (Wildman–Crippen MR) is 69.8 cm³/mol. The zero-order valence-electron chi connectivity index (χ0n) is 10.3. The van der Waals surface area contributed by atoms with E-state index in [4.69, 9.17) is 5.73 Å². The van der Waals surface area contributed by atoms with Gasteiger partial charge < -0.3 is 16.0 Å². The van der Waals surface area contributed by atoms with Crippen LogP contribution in [0.5, 0.6) is 0 Å². The molecule has 0 heterocycles. The molecular weight excluding hydrogens is 216 g/mol. The van der Waals surface area contributed by atoms with Gasteiger partial charge in [0.25, 0.3) is 0 Å². The van der Waals surface area contributed by atoms with Crippen LogP contribution in [0.25, 0.3) is 0 Å². The first-order valence-electron chi connectivity index (χ1n) is 5.37. The summed E-state index contributed by atoms with van der Waals surface area (Å²) in [5, 5.41) is 2.92. The van der Waals surface area contributed by atoms with Crippen molar-refractivity contribution in [2.75, 3.05) is 19.4 Å². The van der Waals surface area contributed by atoms with Crippen LogP contribution in [-0.4, -0.2) is 36.9 Å². The minimum atomic E-state index is -0.485. The highest BCUT2D eigenvalue weighted by molar-refractivity contribution is 5.94. The number of nitrogens with zero attached hydrogens (tertiary/aromatic N) is 2. The maximum absolute atomic E-state index is 11.6. The van der Waals surface area contributed by atoms with Gasteiger partial charge in [-0.15, -0.1) is 0 Å². The lowest BCUT2D eigenvalue weighted by molar-refractivity contribution is -0.129. The third-order valence-corrected chi connectivity index (χ3v) is 2.18. The van der Waals surface area contributed by atoms with E-state index in [1.807, 2.05) is 30.3 Å². The summed E-state index contributed by atoms with van der Waals surface area (Å²) < 4.78 is 0. The van der Waals surface area contributed by atoms with Crippen LogP contribution in [0.2, 0.25) is 0 Å². The number of hydrogen-bond acceptors (Lipinski definition) is 2. The molecule has 3 N–H and O–H groups in total. The fourth-order valence-corrected chi connectivity index (χ4v) is 1.34. The Kier molecular flexibility index (Phi) is 4.51. The number of nitrogens with two attached hydrogens (primary N) is 1. The average molecular weight is 234 g/mol. The average Bonchev–Trinajstić information content (AvgIpc) is 2.28. The van der Waals surface area contributed by atoms with Gasteiger partial charge in [0.15, 0.2) is 5.96 Å². The van der Waals surface area contributed by atoms with E-state index in [2.05, 4.69) is 10.3 Å². The van der Waals surface area contributed by atoms with E-state index in [-0.39, 0.29) is 11.9 Å². The summed E-state index contributed by atoms with van der Waals surface area (Å²) in [6.07, 6.45) is 0. The van der Waals surface area contributed by atoms with Crippen molar-refractivity contribution >= 4 is 17.6 Å². The molecule has 0 fully saturated rings. The Morgan fingerprint density at radius 3 is 2.47 bits per heavy atom.